The van der Waals surface area contributed by atoms with Crippen molar-refractivity contribution in [2.45, 2.75) is 32.7 Å². The topological polar surface area (TPSA) is 136 Å². The molecule has 0 spiro atoms. The van der Waals surface area contributed by atoms with E-state index in [1.165, 1.54) is 0 Å². The van der Waals surface area contributed by atoms with Gasteiger partial charge in [0.15, 0.2) is 0 Å². The Morgan fingerprint density at radius 1 is 1.19 bits per heavy atom. The minimum Gasteiger partial charge on any atom is -0.346 e. The minimum absolute atomic E-state index is 0.0750. The Balaban J connectivity index is 1.70. The molecule has 0 bridgehead atoms. The van der Waals surface area contributed by atoms with Crippen molar-refractivity contribution >= 4 is 16.9 Å². The number of imidazole rings is 1. The number of benzene rings is 1. The monoisotopic (exact) mass is 356 g/mol. The molecule has 2 aromatic heterocycles. The summed E-state index contributed by atoms with van der Waals surface area (Å²) < 4.78 is 0. The van der Waals surface area contributed by atoms with Crippen LogP contribution in [0.25, 0.3) is 11.0 Å². The Hall–Kier alpha value is -3.23. The Kier molecular flexibility index (Phi) is 4.97. The van der Waals surface area contributed by atoms with Gasteiger partial charge in [0.05, 0.1) is 17.1 Å². The van der Waals surface area contributed by atoms with Gasteiger partial charge in [-0.2, -0.15) is 5.10 Å². The molecular weight excluding hydrogens is 336 g/mol. The van der Waals surface area contributed by atoms with Crippen LogP contribution in [0.4, 0.5) is 0 Å². The summed E-state index contributed by atoms with van der Waals surface area (Å²) >= 11 is 0. The summed E-state index contributed by atoms with van der Waals surface area (Å²) in [4.78, 5) is 44.8. The second-order valence-electron chi connectivity index (χ2n) is 6.38. The van der Waals surface area contributed by atoms with Crippen LogP contribution < -0.4 is 16.6 Å². The number of aryl methyl sites for hydroxylation is 1. The Morgan fingerprint density at radius 2 is 1.96 bits per heavy atom. The van der Waals surface area contributed by atoms with Gasteiger partial charge in [-0.15, -0.1) is 0 Å². The summed E-state index contributed by atoms with van der Waals surface area (Å²) in [5.74, 6) is 0.584. The molecule has 9 nitrogen and oxygen atoms in total. The van der Waals surface area contributed by atoms with Gasteiger partial charge in [0, 0.05) is 12.8 Å². The van der Waals surface area contributed by atoms with Crippen LogP contribution in [-0.2, 0) is 11.2 Å². The van der Waals surface area contributed by atoms with Crippen LogP contribution in [0.5, 0.6) is 0 Å². The molecule has 1 amide bonds. The average molecular weight is 356 g/mol. The molecule has 1 atom stereocenters. The number of H-pyrrole nitrogens is 3. The largest absolute Gasteiger partial charge is 0.346 e. The van der Waals surface area contributed by atoms with Crippen LogP contribution in [0.1, 0.15) is 37.8 Å². The minimum atomic E-state index is -0.673. The van der Waals surface area contributed by atoms with Gasteiger partial charge < -0.3 is 10.3 Å². The maximum absolute atomic E-state index is 12.3. The van der Waals surface area contributed by atoms with Crippen molar-refractivity contribution in [2.75, 3.05) is 0 Å². The van der Waals surface area contributed by atoms with Crippen LogP contribution in [0.15, 0.2) is 33.9 Å². The number of para-hydroxylation sites is 2. The molecule has 0 aliphatic carbocycles. The second-order valence-corrected chi connectivity index (χ2v) is 6.38. The van der Waals surface area contributed by atoms with Crippen LogP contribution in [0.3, 0.4) is 0 Å². The van der Waals surface area contributed by atoms with Crippen molar-refractivity contribution in [3.05, 3.63) is 56.6 Å². The van der Waals surface area contributed by atoms with Gasteiger partial charge in [-0.05, 0) is 18.1 Å². The molecule has 0 aliphatic heterocycles. The highest BCUT2D eigenvalue weighted by Crippen LogP contribution is 2.22. The predicted molar refractivity (Wildman–Crippen MR) is 95.6 cm³/mol. The van der Waals surface area contributed by atoms with E-state index >= 15 is 0 Å². The number of nitrogens with one attached hydrogen (secondary N) is 4. The Morgan fingerprint density at radius 3 is 2.65 bits per heavy atom. The zero-order valence-electron chi connectivity index (χ0n) is 14.5. The third-order valence-electron chi connectivity index (χ3n) is 4.06. The van der Waals surface area contributed by atoms with Gasteiger partial charge in [-0.1, -0.05) is 26.0 Å². The summed E-state index contributed by atoms with van der Waals surface area (Å²) in [6.45, 7) is 3.98. The van der Waals surface area contributed by atoms with Crippen LogP contribution in [0, 0.1) is 5.92 Å². The van der Waals surface area contributed by atoms with E-state index in [2.05, 4.69) is 30.5 Å². The number of fused-ring (bicyclic) bond motifs is 1. The highest BCUT2D eigenvalue weighted by Gasteiger charge is 2.22. The lowest BCUT2D eigenvalue weighted by Gasteiger charge is -2.20. The first kappa shape index (κ1) is 17.6. The predicted octanol–water partition coefficient (Wildman–Crippen LogP) is 0.781. The molecule has 0 radical (unpaired) electrons. The average Bonchev–Trinajstić information content (AvgIpc) is 3.02. The first-order valence-electron chi connectivity index (χ1n) is 8.36. The van der Waals surface area contributed by atoms with Gasteiger partial charge in [-0.3, -0.25) is 14.6 Å². The Labute approximate surface area is 148 Å². The van der Waals surface area contributed by atoms with E-state index in [4.69, 9.17) is 0 Å². The molecule has 0 saturated carbocycles. The molecule has 1 unspecified atom stereocenters. The quantitative estimate of drug-likeness (QED) is 0.517. The fourth-order valence-electron chi connectivity index (χ4n) is 2.69. The highest BCUT2D eigenvalue weighted by atomic mass is 16.2. The van der Waals surface area contributed by atoms with Gasteiger partial charge >= 0.3 is 5.69 Å². The van der Waals surface area contributed by atoms with E-state index in [1.54, 1.807) is 0 Å². The number of carbonyl (C=O) groups excluding carboxylic acids is 1. The maximum atomic E-state index is 12.3. The van der Waals surface area contributed by atoms with Crippen LogP contribution >= 0.6 is 0 Å². The number of carbonyl (C=O) groups is 1. The number of hydrogen-bond donors (Lipinski definition) is 4. The Bertz CT molecular complexity index is 999. The normalized spacial score (nSPS) is 12.4. The van der Waals surface area contributed by atoms with E-state index in [9.17, 15) is 14.4 Å². The zero-order valence-corrected chi connectivity index (χ0v) is 14.5. The molecule has 0 aliphatic rings. The smallest absolute Gasteiger partial charge is 0.342 e. The summed E-state index contributed by atoms with van der Waals surface area (Å²) in [7, 11) is 0. The molecule has 136 valence electrons. The van der Waals surface area contributed by atoms with Crippen LogP contribution in [-0.4, -0.2) is 31.1 Å². The number of aromatic amines is 3. The molecule has 0 fully saturated rings. The van der Waals surface area contributed by atoms with Gasteiger partial charge in [0.2, 0.25) is 5.91 Å². The van der Waals surface area contributed by atoms with E-state index < -0.39 is 11.2 Å². The van der Waals surface area contributed by atoms with E-state index in [0.29, 0.717) is 5.82 Å². The number of nitrogens with zero attached hydrogens (tertiary/aromatic N) is 2. The molecule has 2 heterocycles. The van der Waals surface area contributed by atoms with Crippen molar-refractivity contribution in [2.24, 2.45) is 5.92 Å². The SMILES string of the molecule is CC(C)C(NC(=O)CCc1n[nH]c(=O)[nH]c1=O)c1nc2ccccc2[nH]1. The summed E-state index contributed by atoms with van der Waals surface area (Å²) in [6.07, 6.45) is 0.203. The zero-order chi connectivity index (χ0) is 18.7. The van der Waals surface area contributed by atoms with Crippen molar-refractivity contribution < 1.29 is 4.79 Å². The van der Waals surface area contributed by atoms with Crippen molar-refractivity contribution in [3.8, 4) is 0 Å². The number of aromatic nitrogens is 5. The fraction of sp³-hybridized carbons (Fsp3) is 0.353. The molecule has 9 heteroatoms. The molecule has 3 rings (SSSR count). The second kappa shape index (κ2) is 7.34. The number of hydrogen-bond acceptors (Lipinski definition) is 5. The lowest BCUT2D eigenvalue weighted by atomic mass is 10.0. The van der Waals surface area contributed by atoms with E-state index in [1.807, 2.05) is 38.1 Å². The fourth-order valence-corrected chi connectivity index (χ4v) is 2.69. The van der Waals surface area contributed by atoms with Crippen molar-refractivity contribution in [3.63, 3.8) is 0 Å². The standard InChI is InChI=1S/C17H20N6O3/c1-9(2)14(15-18-10-5-3-4-6-11(10)19-15)20-13(24)8-7-12-16(25)21-17(26)23-22-12/h3-6,9,14H,7-8H2,1-2H3,(H,18,19)(H,20,24)(H2,21,23,25,26). The summed E-state index contributed by atoms with van der Waals surface area (Å²) in [6, 6.07) is 7.38. The van der Waals surface area contributed by atoms with Crippen LogP contribution in [0.2, 0.25) is 0 Å². The molecule has 26 heavy (non-hydrogen) atoms. The third kappa shape index (κ3) is 3.88. The molecule has 3 aromatic rings. The van der Waals surface area contributed by atoms with Gasteiger partial charge in [0.25, 0.3) is 5.56 Å². The first-order valence-corrected chi connectivity index (χ1v) is 8.36. The summed E-state index contributed by atoms with van der Waals surface area (Å²) in [5.41, 5.74) is 0.606. The number of rotatable bonds is 6. The van der Waals surface area contributed by atoms with E-state index in [0.717, 1.165) is 11.0 Å². The van der Waals surface area contributed by atoms with Gasteiger partial charge in [-0.25, -0.2) is 14.9 Å². The molecule has 0 saturated heterocycles. The highest BCUT2D eigenvalue weighted by molar-refractivity contribution is 5.77. The molecule has 1 aromatic carbocycles. The maximum Gasteiger partial charge on any atom is 0.342 e. The summed E-state index contributed by atoms with van der Waals surface area (Å²) in [5, 5.41) is 8.78. The molecule has 4 N–H and O–H groups in total. The van der Waals surface area contributed by atoms with Crippen molar-refractivity contribution in [1.82, 2.24) is 30.5 Å². The van der Waals surface area contributed by atoms with E-state index in [-0.39, 0.29) is 36.4 Å². The third-order valence-corrected chi connectivity index (χ3v) is 4.06. The molecular formula is C17H20N6O3. The van der Waals surface area contributed by atoms with Gasteiger partial charge in [0.1, 0.15) is 11.5 Å². The first-order chi connectivity index (χ1) is 12.4. The number of amides is 1. The lowest BCUT2D eigenvalue weighted by Crippen LogP contribution is -2.33. The lowest BCUT2D eigenvalue weighted by molar-refractivity contribution is -0.122. The van der Waals surface area contributed by atoms with Crippen molar-refractivity contribution in [1.29, 1.82) is 0 Å².